The number of carbonyl (C=O) groups is 1. The standard InChI is InChI=1S/C14H12N4O3/c15-14(17-13(19)10-4-2-1-3-5-10)16-11-6-8-12(9-7-11)18(20)21/h1-9H,(H3,15,16,17,19). The lowest BCUT2D eigenvalue weighted by molar-refractivity contribution is -0.384. The Morgan fingerprint density at radius 2 is 1.71 bits per heavy atom. The third-order valence-corrected chi connectivity index (χ3v) is 2.59. The lowest BCUT2D eigenvalue weighted by Gasteiger charge is -2.04. The number of nitro groups is 1. The Labute approximate surface area is 120 Å². The van der Waals surface area contributed by atoms with E-state index >= 15 is 0 Å². The van der Waals surface area contributed by atoms with Crippen molar-refractivity contribution in [1.82, 2.24) is 5.32 Å². The van der Waals surface area contributed by atoms with Gasteiger partial charge in [0.05, 0.1) is 10.6 Å². The van der Waals surface area contributed by atoms with Crippen molar-refractivity contribution in [2.24, 2.45) is 10.7 Å². The van der Waals surface area contributed by atoms with Gasteiger partial charge in [0.15, 0.2) is 0 Å². The molecule has 7 heteroatoms. The van der Waals surface area contributed by atoms with Crippen molar-refractivity contribution in [3.63, 3.8) is 0 Å². The van der Waals surface area contributed by atoms with Gasteiger partial charge in [-0.25, -0.2) is 4.99 Å². The summed E-state index contributed by atoms with van der Waals surface area (Å²) in [6.07, 6.45) is 0. The van der Waals surface area contributed by atoms with E-state index in [2.05, 4.69) is 10.3 Å². The number of guanidine groups is 1. The molecule has 0 bridgehead atoms. The second-order valence-corrected chi connectivity index (χ2v) is 4.09. The monoisotopic (exact) mass is 284 g/mol. The molecule has 7 nitrogen and oxygen atoms in total. The number of benzene rings is 2. The van der Waals surface area contributed by atoms with Crippen molar-refractivity contribution in [1.29, 1.82) is 0 Å². The first kappa shape index (κ1) is 14.2. The zero-order valence-corrected chi connectivity index (χ0v) is 10.9. The van der Waals surface area contributed by atoms with Crippen molar-refractivity contribution in [3.8, 4) is 0 Å². The molecule has 1 amide bonds. The van der Waals surface area contributed by atoms with Gasteiger partial charge in [-0.05, 0) is 24.3 Å². The van der Waals surface area contributed by atoms with Crippen molar-refractivity contribution < 1.29 is 9.72 Å². The summed E-state index contributed by atoms with van der Waals surface area (Å²) in [4.78, 5) is 25.8. The van der Waals surface area contributed by atoms with Gasteiger partial charge in [-0.3, -0.25) is 20.2 Å². The van der Waals surface area contributed by atoms with E-state index in [1.807, 2.05) is 0 Å². The highest BCUT2D eigenvalue weighted by atomic mass is 16.6. The molecule has 0 unspecified atom stereocenters. The highest BCUT2D eigenvalue weighted by Gasteiger charge is 2.07. The third kappa shape index (κ3) is 3.87. The molecule has 106 valence electrons. The SMILES string of the molecule is NC(=Nc1ccc([N+](=O)[O-])cc1)NC(=O)c1ccccc1. The summed E-state index contributed by atoms with van der Waals surface area (Å²) >= 11 is 0. The van der Waals surface area contributed by atoms with E-state index in [0.29, 0.717) is 11.3 Å². The number of nitrogens with two attached hydrogens (primary N) is 1. The van der Waals surface area contributed by atoms with Crippen LogP contribution < -0.4 is 11.1 Å². The minimum Gasteiger partial charge on any atom is -0.369 e. The summed E-state index contributed by atoms with van der Waals surface area (Å²) < 4.78 is 0. The molecular weight excluding hydrogens is 272 g/mol. The van der Waals surface area contributed by atoms with Crippen LogP contribution in [0.2, 0.25) is 0 Å². The Morgan fingerprint density at radius 1 is 1.10 bits per heavy atom. The van der Waals surface area contributed by atoms with Gasteiger partial charge in [-0.1, -0.05) is 18.2 Å². The molecule has 0 aromatic heterocycles. The minimum atomic E-state index is -0.506. The first-order chi connectivity index (χ1) is 10.1. The van der Waals surface area contributed by atoms with E-state index < -0.39 is 4.92 Å². The third-order valence-electron chi connectivity index (χ3n) is 2.59. The molecule has 0 spiro atoms. The molecule has 0 saturated carbocycles. The van der Waals surface area contributed by atoms with E-state index in [9.17, 15) is 14.9 Å². The number of rotatable bonds is 3. The summed E-state index contributed by atoms with van der Waals surface area (Å²) in [5.41, 5.74) is 6.45. The highest BCUT2D eigenvalue weighted by Crippen LogP contribution is 2.17. The molecule has 0 aliphatic carbocycles. The van der Waals surface area contributed by atoms with E-state index in [-0.39, 0.29) is 17.6 Å². The van der Waals surface area contributed by atoms with Crippen LogP contribution >= 0.6 is 0 Å². The fourth-order valence-corrected chi connectivity index (χ4v) is 1.59. The lowest BCUT2D eigenvalue weighted by atomic mass is 10.2. The number of nitrogens with zero attached hydrogens (tertiary/aromatic N) is 2. The van der Waals surface area contributed by atoms with Gasteiger partial charge >= 0.3 is 0 Å². The Hall–Kier alpha value is -3.22. The van der Waals surface area contributed by atoms with Gasteiger partial charge < -0.3 is 5.73 Å². The Balaban J connectivity index is 2.07. The zero-order chi connectivity index (χ0) is 15.2. The number of hydrogen-bond acceptors (Lipinski definition) is 4. The van der Waals surface area contributed by atoms with E-state index in [4.69, 9.17) is 5.73 Å². The van der Waals surface area contributed by atoms with Crippen LogP contribution in [0.3, 0.4) is 0 Å². The summed E-state index contributed by atoms with van der Waals surface area (Å²) in [6.45, 7) is 0. The zero-order valence-electron chi connectivity index (χ0n) is 10.9. The van der Waals surface area contributed by atoms with Crippen LogP contribution in [0.15, 0.2) is 59.6 Å². The average molecular weight is 284 g/mol. The Morgan fingerprint density at radius 3 is 2.29 bits per heavy atom. The molecule has 2 rings (SSSR count). The number of hydrogen-bond donors (Lipinski definition) is 2. The van der Waals surface area contributed by atoms with E-state index in [0.717, 1.165) is 0 Å². The van der Waals surface area contributed by atoms with Crippen LogP contribution in [0.4, 0.5) is 11.4 Å². The second kappa shape index (κ2) is 6.29. The summed E-state index contributed by atoms with van der Waals surface area (Å²) in [5, 5.41) is 13.0. The molecule has 2 aromatic rings. The normalized spacial score (nSPS) is 11.0. The van der Waals surface area contributed by atoms with Crippen LogP contribution in [0.1, 0.15) is 10.4 Å². The molecule has 0 aliphatic heterocycles. The van der Waals surface area contributed by atoms with Gasteiger partial charge in [0, 0.05) is 17.7 Å². The molecular formula is C14H12N4O3. The van der Waals surface area contributed by atoms with Gasteiger partial charge in [-0.15, -0.1) is 0 Å². The smallest absolute Gasteiger partial charge is 0.269 e. The molecule has 0 radical (unpaired) electrons. The van der Waals surface area contributed by atoms with Crippen molar-refractivity contribution in [3.05, 3.63) is 70.3 Å². The topological polar surface area (TPSA) is 111 Å². The largest absolute Gasteiger partial charge is 0.369 e. The molecule has 0 heterocycles. The van der Waals surface area contributed by atoms with Crippen molar-refractivity contribution in [2.45, 2.75) is 0 Å². The van der Waals surface area contributed by atoms with Gasteiger partial charge in [0.25, 0.3) is 11.6 Å². The Bertz CT molecular complexity index is 681. The van der Waals surface area contributed by atoms with Crippen LogP contribution in [0.25, 0.3) is 0 Å². The Kier molecular flexibility index (Phi) is 4.25. The first-order valence-electron chi connectivity index (χ1n) is 6.01. The van der Waals surface area contributed by atoms with Gasteiger partial charge in [-0.2, -0.15) is 0 Å². The second-order valence-electron chi connectivity index (χ2n) is 4.09. The van der Waals surface area contributed by atoms with Crippen LogP contribution in [-0.2, 0) is 0 Å². The van der Waals surface area contributed by atoms with E-state index in [1.165, 1.54) is 24.3 Å². The highest BCUT2D eigenvalue weighted by molar-refractivity contribution is 6.05. The number of aliphatic imine (C=N–C) groups is 1. The maximum absolute atomic E-state index is 11.8. The van der Waals surface area contributed by atoms with Crippen molar-refractivity contribution in [2.75, 3.05) is 0 Å². The van der Waals surface area contributed by atoms with Crippen molar-refractivity contribution >= 4 is 23.2 Å². The maximum atomic E-state index is 11.8. The molecule has 0 atom stereocenters. The van der Waals surface area contributed by atoms with Gasteiger partial charge in [0.1, 0.15) is 0 Å². The maximum Gasteiger partial charge on any atom is 0.269 e. The number of nitrogens with one attached hydrogen (secondary N) is 1. The number of non-ortho nitro benzene ring substituents is 1. The minimum absolute atomic E-state index is 0.0409. The summed E-state index contributed by atoms with van der Waals surface area (Å²) in [7, 11) is 0. The number of carbonyl (C=O) groups excluding carboxylic acids is 1. The summed E-state index contributed by atoms with van der Waals surface area (Å²) in [5.74, 6) is -0.462. The molecule has 21 heavy (non-hydrogen) atoms. The predicted molar refractivity (Wildman–Crippen MR) is 78.3 cm³/mol. The van der Waals surface area contributed by atoms with Crippen LogP contribution in [0.5, 0.6) is 0 Å². The molecule has 0 saturated heterocycles. The molecule has 3 N–H and O–H groups in total. The number of nitro benzene ring substituents is 1. The molecule has 0 aliphatic rings. The first-order valence-corrected chi connectivity index (χ1v) is 6.01. The fourth-order valence-electron chi connectivity index (χ4n) is 1.59. The summed E-state index contributed by atoms with van der Waals surface area (Å²) in [6, 6.07) is 14.1. The predicted octanol–water partition coefficient (Wildman–Crippen LogP) is 1.97. The van der Waals surface area contributed by atoms with Crippen LogP contribution in [0, 0.1) is 10.1 Å². The van der Waals surface area contributed by atoms with Crippen LogP contribution in [-0.4, -0.2) is 16.8 Å². The molecule has 2 aromatic carbocycles. The average Bonchev–Trinajstić information content (AvgIpc) is 2.48. The quantitative estimate of drug-likeness (QED) is 0.388. The van der Waals surface area contributed by atoms with E-state index in [1.54, 1.807) is 30.3 Å². The van der Waals surface area contributed by atoms with Gasteiger partial charge in [0.2, 0.25) is 5.96 Å². The fraction of sp³-hybridized carbons (Fsp3) is 0. The number of amides is 1. The molecule has 0 fully saturated rings. The lowest BCUT2D eigenvalue weighted by Crippen LogP contribution is -2.36.